The summed E-state index contributed by atoms with van der Waals surface area (Å²) in [4.78, 5) is 0. The molecular formula is C12H22O. The molecule has 0 radical (unpaired) electrons. The minimum Gasteiger partial charge on any atom is -0.396 e. The van der Waals surface area contributed by atoms with Crippen LogP contribution >= 0.6 is 0 Å². The Hall–Kier alpha value is -0.0400. The van der Waals surface area contributed by atoms with Crippen LogP contribution in [0.15, 0.2) is 0 Å². The van der Waals surface area contributed by atoms with E-state index in [4.69, 9.17) is 0 Å². The van der Waals surface area contributed by atoms with E-state index in [1.165, 1.54) is 44.9 Å². The Morgan fingerprint density at radius 1 is 1.38 bits per heavy atom. The van der Waals surface area contributed by atoms with E-state index in [9.17, 15) is 5.11 Å². The Labute approximate surface area is 81.5 Å². The Morgan fingerprint density at radius 2 is 2.23 bits per heavy atom. The summed E-state index contributed by atoms with van der Waals surface area (Å²) in [5, 5.41) is 9.57. The predicted molar refractivity (Wildman–Crippen MR) is 54.5 cm³/mol. The average molecular weight is 182 g/mol. The van der Waals surface area contributed by atoms with Crippen LogP contribution in [0.4, 0.5) is 0 Å². The van der Waals surface area contributed by atoms with Crippen molar-refractivity contribution in [2.45, 2.75) is 51.9 Å². The summed E-state index contributed by atoms with van der Waals surface area (Å²) in [6.45, 7) is 2.75. The van der Waals surface area contributed by atoms with Crippen LogP contribution in [0.25, 0.3) is 0 Å². The lowest BCUT2D eigenvalue weighted by Crippen LogP contribution is -2.32. The monoisotopic (exact) mass is 182 g/mol. The van der Waals surface area contributed by atoms with Crippen molar-refractivity contribution in [2.24, 2.45) is 17.3 Å². The van der Waals surface area contributed by atoms with E-state index in [-0.39, 0.29) is 0 Å². The molecule has 13 heavy (non-hydrogen) atoms. The summed E-state index contributed by atoms with van der Waals surface area (Å²) in [6, 6.07) is 0. The fourth-order valence-electron chi connectivity index (χ4n) is 3.66. The molecule has 2 fully saturated rings. The highest BCUT2D eigenvalue weighted by molar-refractivity contribution is 4.97. The standard InChI is InChI=1S/C12H22O/c1-2-10-7-11-5-3-4-6-12(11,8-10)9-13/h10-11,13H,2-9H2,1H3. The lowest BCUT2D eigenvalue weighted by Gasteiger charge is -2.38. The molecule has 76 valence electrons. The molecule has 1 N–H and O–H groups in total. The van der Waals surface area contributed by atoms with Gasteiger partial charge in [0.2, 0.25) is 0 Å². The zero-order valence-electron chi connectivity index (χ0n) is 8.76. The molecule has 0 saturated heterocycles. The molecule has 0 spiro atoms. The molecule has 2 saturated carbocycles. The second-order valence-corrected chi connectivity index (χ2v) is 5.18. The van der Waals surface area contributed by atoms with Crippen LogP contribution in [0, 0.1) is 17.3 Å². The van der Waals surface area contributed by atoms with Crippen molar-refractivity contribution in [1.82, 2.24) is 0 Å². The highest BCUT2D eigenvalue weighted by Crippen LogP contribution is 2.54. The van der Waals surface area contributed by atoms with Gasteiger partial charge in [0.1, 0.15) is 0 Å². The SMILES string of the molecule is CCC1CC2CCCCC2(CO)C1. The lowest BCUT2D eigenvalue weighted by atomic mass is 9.69. The van der Waals surface area contributed by atoms with Crippen LogP contribution in [0.5, 0.6) is 0 Å². The van der Waals surface area contributed by atoms with E-state index in [1.807, 2.05) is 0 Å². The predicted octanol–water partition coefficient (Wildman–Crippen LogP) is 2.98. The van der Waals surface area contributed by atoms with Crippen LogP contribution in [-0.4, -0.2) is 11.7 Å². The molecule has 0 aliphatic heterocycles. The molecular weight excluding hydrogens is 160 g/mol. The van der Waals surface area contributed by atoms with Gasteiger partial charge >= 0.3 is 0 Å². The number of aliphatic hydroxyl groups is 1. The minimum absolute atomic E-state index is 0.360. The second-order valence-electron chi connectivity index (χ2n) is 5.18. The highest BCUT2D eigenvalue weighted by atomic mass is 16.3. The first-order valence-corrected chi connectivity index (χ1v) is 5.91. The van der Waals surface area contributed by atoms with Crippen LogP contribution in [-0.2, 0) is 0 Å². The van der Waals surface area contributed by atoms with Gasteiger partial charge in [0.25, 0.3) is 0 Å². The molecule has 1 heteroatoms. The highest BCUT2D eigenvalue weighted by Gasteiger charge is 2.46. The molecule has 0 amide bonds. The van der Waals surface area contributed by atoms with Crippen molar-refractivity contribution in [3.05, 3.63) is 0 Å². The van der Waals surface area contributed by atoms with Gasteiger partial charge in [-0.15, -0.1) is 0 Å². The molecule has 2 aliphatic rings. The van der Waals surface area contributed by atoms with Crippen molar-refractivity contribution >= 4 is 0 Å². The molecule has 0 heterocycles. The molecule has 2 rings (SSSR count). The second kappa shape index (κ2) is 3.61. The number of fused-ring (bicyclic) bond motifs is 1. The third-order valence-corrected chi connectivity index (χ3v) is 4.55. The fourth-order valence-corrected chi connectivity index (χ4v) is 3.66. The number of aliphatic hydroxyl groups excluding tert-OH is 1. The van der Waals surface area contributed by atoms with Gasteiger partial charge in [0.05, 0.1) is 0 Å². The van der Waals surface area contributed by atoms with E-state index in [2.05, 4.69) is 6.92 Å². The molecule has 0 bridgehead atoms. The minimum atomic E-state index is 0.360. The molecule has 1 nitrogen and oxygen atoms in total. The van der Waals surface area contributed by atoms with E-state index in [0.29, 0.717) is 12.0 Å². The van der Waals surface area contributed by atoms with E-state index in [1.54, 1.807) is 0 Å². The van der Waals surface area contributed by atoms with Crippen LogP contribution < -0.4 is 0 Å². The molecule has 3 unspecified atom stereocenters. The van der Waals surface area contributed by atoms with Gasteiger partial charge in [-0.2, -0.15) is 0 Å². The van der Waals surface area contributed by atoms with Crippen LogP contribution in [0.3, 0.4) is 0 Å². The first kappa shape index (κ1) is 9.51. The van der Waals surface area contributed by atoms with Gasteiger partial charge in [-0.1, -0.05) is 26.2 Å². The van der Waals surface area contributed by atoms with E-state index >= 15 is 0 Å². The Morgan fingerprint density at radius 3 is 2.85 bits per heavy atom. The summed E-state index contributed by atoms with van der Waals surface area (Å²) in [7, 11) is 0. The largest absolute Gasteiger partial charge is 0.396 e. The smallest absolute Gasteiger partial charge is 0.0490 e. The first-order chi connectivity index (χ1) is 6.30. The molecule has 0 aromatic heterocycles. The van der Waals surface area contributed by atoms with Crippen molar-refractivity contribution < 1.29 is 5.11 Å². The maximum Gasteiger partial charge on any atom is 0.0490 e. The van der Waals surface area contributed by atoms with Gasteiger partial charge < -0.3 is 5.11 Å². The third kappa shape index (κ3) is 1.52. The van der Waals surface area contributed by atoms with Crippen molar-refractivity contribution in [3.63, 3.8) is 0 Å². The van der Waals surface area contributed by atoms with Crippen molar-refractivity contribution in [3.8, 4) is 0 Å². The van der Waals surface area contributed by atoms with Gasteiger partial charge in [-0.25, -0.2) is 0 Å². The van der Waals surface area contributed by atoms with Gasteiger partial charge in [0.15, 0.2) is 0 Å². The van der Waals surface area contributed by atoms with E-state index < -0.39 is 0 Å². The maximum absolute atomic E-state index is 9.57. The van der Waals surface area contributed by atoms with Gasteiger partial charge in [-0.3, -0.25) is 0 Å². The summed E-state index contributed by atoms with van der Waals surface area (Å²) in [5.41, 5.74) is 0.360. The Balaban J connectivity index is 2.10. The average Bonchev–Trinajstić information content (AvgIpc) is 2.56. The first-order valence-electron chi connectivity index (χ1n) is 5.91. The zero-order valence-corrected chi connectivity index (χ0v) is 8.76. The normalized spacial score (nSPS) is 44.8. The summed E-state index contributed by atoms with van der Waals surface area (Å²) < 4.78 is 0. The maximum atomic E-state index is 9.57. The Bertz CT molecular complexity index is 178. The van der Waals surface area contributed by atoms with Crippen molar-refractivity contribution in [1.29, 1.82) is 0 Å². The van der Waals surface area contributed by atoms with Crippen LogP contribution in [0.2, 0.25) is 0 Å². The summed E-state index contributed by atoms with van der Waals surface area (Å²) >= 11 is 0. The van der Waals surface area contributed by atoms with Crippen LogP contribution in [0.1, 0.15) is 51.9 Å². The van der Waals surface area contributed by atoms with Gasteiger partial charge in [-0.05, 0) is 42.9 Å². The van der Waals surface area contributed by atoms with E-state index in [0.717, 1.165) is 11.8 Å². The van der Waals surface area contributed by atoms with Gasteiger partial charge in [0, 0.05) is 6.61 Å². The fraction of sp³-hybridized carbons (Fsp3) is 1.00. The summed E-state index contributed by atoms with van der Waals surface area (Å²) in [6.07, 6.45) is 9.47. The van der Waals surface area contributed by atoms with Crippen molar-refractivity contribution in [2.75, 3.05) is 6.61 Å². The topological polar surface area (TPSA) is 20.2 Å². The zero-order chi connectivity index (χ0) is 9.31. The number of hydrogen-bond donors (Lipinski definition) is 1. The lowest BCUT2D eigenvalue weighted by molar-refractivity contribution is 0.0460. The Kier molecular flexibility index (Phi) is 2.64. The quantitative estimate of drug-likeness (QED) is 0.696. The molecule has 0 aromatic carbocycles. The number of hydrogen-bond acceptors (Lipinski definition) is 1. The molecule has 0 aromatic rings. The molecule has 3 atom stereocenters. The molecule has 2 aliphatic carbocycles. The third-order valence-electron chi connectivity index (χ3n) is 4.55. The number of rotatable bonds is 2. The summed E-state index contributed by atoms with van der Waals surface area (Å²) in [5.74, 6) is 1.77.